The van der Waals surface area contributed by atoms with Crippen LogP contribution in [0.3, 0.4) is 0 Å². The number of hydrogen-bond acceptors (Lipinski definition) is 6. The second-order valence-corrected chi connectivity index (χ2v) is 21.8. The zero-order valence-electron chi connectivity index (χ0n) is 40.3. The average Bonchev–Trinajstić information content (AvgIpc) is 3.20. The fourth-order valence-corrected chi connectivity index (χ4v) is 9.34. The Balaban J connectivity index is 1.69. The third-order valence-electron chi connectivity index (χ3n) is 12.3. The van der Waals surface area contributed by atoms with Crippen LogP contribution in [0.25, 0.3) is 0 Å². The predicted molar refractivity (Wildman–Crippen MR) is 263 cm³/mol. The highest BCUT2D eigenvalue weighted by molar-refractivity contribution is 7.43. The van der Waals surface area contributed by atoms with Gasteiger partial charge in [0.1, 0.15) is 34.5 Å². The molecule has 3 N–H and O–H groups in total. The summed E-state index contributed by atoms with van der Waals surface area (Å²) in [6.07, 6.45) is 9.36. The maximum atomic E-state index is 11.9. The molecule has 5 aromatic rings. The van der Waals surface area contributed by atoms with E-state index in [0.717, 1.165) is 95.9 Å². The minimum atomic E-state index is -2.23. The van der Waals surface area contributed by atoms with Gasteiger partial charge in [-0.2, -0.15) is 0 Å². The second kappa shape index (κ2) is 20.9. The molecule has 0 radical (unpaired) electrons. The summed E-state index contributed by atoms with van der Waals surface area (Å²) in [5.41, 5.74) is 5.33. The van der Waals surface area contributed by atoms with E-state index in [1.165, 1.54) is 0 Å². The fourth-order valence-electron chi connectivity index (χ4n) is 8.40. The number of benzene rings is 5. The first-order chi connectivity index (χ1) is 29.6. The summed E-state index contributed by atoms with van der Waals surface area (Å²) in [6, 6.07) is 31.7. The van der Waals surface area contributed by atoms with Gasteiger partial charge in [-0.15, -0.1) is 0 Å². The van der Waals surface area contributed by atoms with Crippen molar-refractivity contribution in [1.82, 2.24) is 0 Å². The molecule has 340 valence electrons. The molecule has 0 amide bonds. The van der Waals surface area contributed by atoms with Gasteiger partial charge in [0.25, 0.3) is 0 Å². The van der Waals surface area contributed by atoms with Crippen molar-refractivity contribution in [3.63, 3.8) is 0 Å². The van der Waals surface area contributed by atoms with Crippen LogP contribution in [0.4, 0.5) is 0 Å². The summed E-state index contributed by atoms with van der Waals surface area (Å²) < 4.78 is 20.9. The highest BCUT2D eigenvalue weighted by atomic mass is 31.2. The van der Waals surface area contributed by atoms with Crippen LogP contribution in [0.5, 0.6) is 34.5 Å². The Bertz CT molecular complexity index is 2090. The monoisotopic (exact) mass is 875 g/mol. The third kappa shape index (κ3) is 13.2. The zero-order chi connectivity index (χ0) is 46.2. The van der Waals surface area contributed by atoms with E-state index in [1.807, 2.05) is 72.8 Å². The van der Waals surface area contributed by atoms with Crippen molar-refractivity contribution in [2.45, 2.75) is 169 Å². The van der Waals surface area contributed by atoms with Gasteiger partial charge >= 0.3 is 8.60 Å². The first kappa shape index (κ1) is 49.3. The van der Waals surface area contributed by atoms with Crippen LogP contribution in [0.1, 0.15) is 179 Å². The van der Waals surface area contributed by atoms with E-state index in [1.54, 1.807) is 0 Å². The molecule has 0 aromatic heterocycles. The Kier molecular flexibility index (Phi) is 16.4. The predicted octanol–water partition coefficient (Wildman–Crippen LogP) is 16.1. The molecule has 0 spiro atoms. The van der Waals surface area contributed by atoms with E-state index in [2.05, 4.69) is 107 Å². The molecule has 0 aliphatic rings. The van der Waals surface area contributed by atoms with Gasteiger partial charge < -0.3 is 28.9 Å². The summed E-state index contributed by atoms with van der Waals surface area (Å²) in [7, 11) is -2.23. The summed E-state index contributed by atoms with van der Waals surface area (Å²) in [4.78, 5) is 0. The Labute approximate surface area is 381 Å². The molecule has 0 bridgehead atoms. The average molecular weight is 875 g/mol. The van der Waals surface area contributed by atoms with Crippen molar-refractivity contribution in [3.8, 4) is 34.5 Å². The lowest BCUT2D eigenvalue weighted by molar-refractivity contribution is 0.370. The number of rotatable bonds is 20. The molecule has 0 fully saturated rings. The van der Waals surface area contributed by atoms with Crippen molar-refractivity contribution in [2.75, 3.05) is 0 Å². The molecule has 0 heterocycles. The van der Waals surface area contributed by atoms with Gasteiger partial charge in [0, 0.05) is 46.2 Å². The summed E-state index contributed by atoms with van der Waals surface area (Å²) in [6.45, 7) is 25.8. The van der Waals surface area contributed by atoms with Gasteiger partial charge in [-0.3, -0.25) is 0 Å². The molecule has 0 aliphatic heterocycles. The van der Waals surface area contributed by atoms with Crippen LogP contribution in [-0.2, 0) is 34.5 Å². The van der Waals surface area contributed by atoms with Gasteiger partial charge in [0.2, 0.25) is 0 Å². The van der Waals surface area contributed by atoms with Crippen molar-refractivity contribution in [2.24, 2.45) is 0 Å². The number of aromatic hydroxyl groups is 3. The van der Waals surface area contributed by atoms with Crippen molar-refractivity contribution < 1.29 is 28.9 Å². The summed E-state index contributed by atoms with van der Waals surface area (Å²) >= 11 is 0. The van der Waals surface area contributed by atoms with E-state index in [9.17, 15) is 15.3 Å². The van der Waals surface area contributed by atoms with Crippen molar-refractivity contribution >= 4 is 8.60 Å². The fraction of sp³-hybridized carbons (Fsp3) is 0.464. The van der Waals surface area contributed by atoms with Crippen LogP contribution in [0, 0.1) is 0 Å². The van der Waals surface area contributed by atoms with Crippen LogP contribution < -0.4 is 13.6 Å². The number of phenols is 3. The van der Waals surface area contributed by atoms with Gasteiger partial charge in [-0.25, -0.2) is 0 Å². The van der Waals surface area contributed by atoms with E-state index in [0.29, 0.717) is 41.6 Å². The minimum absolute atomic E-state index is 0.229. The smallest absolute Gasteiger partial charge is 0.507 e. The molecular formula is C56H75O6P. The van der Waals surface area contributed by atoms with E-state index in [4.69, 9.17) is 13.6 Å². The lowest BCUT2D eigenvalue weighted by Gasteiger charge is -2.32. The lowest BCUT2D eigenvalue weighted by atomic mass is 9.76. The van der Waals surface area contributed by atoms with Crippen molar-refractivity contribution in [1.29, 1.82) is 0 Å². The molecule has 63 heavy (non-hydrogen) atoms. The molecular weight excluding hydrogens is 800 g/mol. The van der Waals surface area contributed by atoms with E-state index in [-0.39, 0.29) is 16.6 Å². The second-order valence-electron chi connectivity index (χ2n) is 20.8. The Morgan fingerprint density at radius 3 is 1.10 bits per heavy atom. The molecule has 0 atom stereocenters. The lowest BCUT2D eigenvalue weighted by Crippen LogP contribution is -2.21. The van der Waals surface area contributed by atoms with Crippen LogP contribution >= 0.6 is 8.60 Å². The topological polar surface area (TPSA) is 88.4 Å². The van der Waals surface area contributed by atoms with Crippen LogP contribution in [0.2, 0.25) is 0 Å². The van der Waals surface area contributed by atoms with Crippen LogP contribution in [-0.4, -0.2) is 15.3 Å². The zero-order valence-corrected chi connectivity index (χ0v) is 41.2. The maximum Gasteiger partial charge on any atom is 0.530 e. The van der Waals surface area contributed by atoms with Crippen molar-refractivity contribution in [3.05, 3.63) is 142 Å². The Morgan fingerprint density at radius 1 is 0.429 bits per heavy atom. The summed E-state index contributed by atoms with van der Waals surface area (Å²) in [5.74, 6) is 2.38. The van der Waals surface area contributed by atoms with E-state index >= 15 is 0 Å². The number of unbranched alkanes of at least 4 members (excludes halogenated alkanes) is 4. The molecule has 0 saturated carbocycles. The molecule has 7 heteroatoms. The molecule has 0 saturated heterocycles. The quantitative estimate of drug-likeness (QED) is 0.0533. The number of hydrogen-bond donors (Lipinski definition) is 3. The maximum absolute atomic E-state index is 11.9. The van der Waals surface area contributed by atoms with Gasteiger partial charge in [-0.05, 0) is 82.0 Å². The summed E-state index contributed by atoms with van der Waals surface area (Å²) in [5, 5.41) is 35.7. The minimum Gasteiger partial charge on any atom is -0.507 e. The van der Waals surface area contributed by atoms with Crippen LogP contribution in [0.15, 0.2) is 97.1 Å². The first-order valence-electron chi connectivity index (χ1n) is 23.2. The van der Waals surface area contributed by atoms with Gasteiger partial charge in [0.05, 0.1) is 0 Å². The first-order valence-corrected chi connectivity index (χ1v) is 24.2. The molecule has 5 rings (SSSR count). The highest BCUT2D eigenvalue weighted by Gasteiger charge is 2.34. The highest BCUT2D eigenvalue weighted by Crippen LogP contribution is 2.51. The number of phenolic OH excluding ortho intramolecular Hbond substituents is 3. The van der Waals surface area contributed by atoms with Gasteiger partial charge in [-0.1, -0.05) is 182 Å². The van der Waals surface area contributed by atoms with Gasteiger partial charge in [0.15, 0.2) is 0 Å². The third-order valence-corrected chi connectivity index (χ3v) is 13.4. The largest absolute Gasteiger partial charge is 0.530 e. The molecule has 6 nitrogen and oxygen atoms in total. The Hall–Kier alpha value is -4.67. The SMILES string of the molecule is CCCCCC(C)(C)c1cc(OP(Oc2cc(Cc3ccccc3)c(O)c(Cc3ccccc3)c2)Oc2cc(C(C)(C)C)c(O)c(C(C)(C)CCCCC)c2)cc(C(C)(C)C)c1O. The Morgan fingerprint density at radius 2 is 0.762 bits per heavy atom. The normalized spacial score (nSPS) is 12.5. The molecule has 0 aliphatic carbocycles. The molecule has 5 aromatic carbocycles. The standard InChI is InChI=1S/C56H75O6P/c1-13-15-23-29-55(9,10)48-37-44(35-46(51(48)58)53(3,4)5)61-63(62-45-36-47(54(6,7)8)52(59)49(38-45)56(11,12)30-24-16-14-2)60-43-33-41(31-39-25-19-17-20-26-39)50(57)42(34-43)32-40-27-21-18-22-28-40/h17-22,25-28,33-38,57-59H,13-16,23-24,29-32H2,1-12H3. The molecule has 0 unspecified atom stereocenters. The van der Waals surface area contributed by atoms with E-state index < -0.39 is 19.4 Å².